The SMILES string of the molecule is C=C(C)CC(=O)CC(N)C(C)(C)C. The number of Topliss-reactive ketones (excluding diaryl/α,β-unsaturated/α-hetero) is 1. The highest BCUT2D eigenvalue weighted by Crippen LogP contribution is 2.20. The van der Waals surface area contributed by atoms with Gasteiger partial charge in [-0.05, 0) is 12.3 Å². The molecule has 0 saturated heterocycles. The predicted octanol–water partition coefficient (Wildman–Crippen LogP) is 2.29. The van der Waals surface area contributed by atoms with Gasteiger partial charge in [-0.1, -0.05) is 32.9 Å². The van der Waals surface area contributed by atoms with Gasteiger partial charge in [0, 0.05) is 18.9 Å². The van der Waals surface area contributed by atoms with E-state index in [1.165, 1.54) is 0 Å². The molecule has 0 aliphatic heterocycles. The molecular weight excluding hydrogens is 162 g/mol. The van der Waals surface area contributed by atoms with Gasteiger partial charge in [0.05, 0.1) is 0 Å². The summed E-state index contributed by atoms with van der Waals surface area (Å²) in [5, 5.41) is 0. The third-order valence-corrected chi connectivity index (χ3v) is 2.06. The summed E-state index contributed by atoms with van der Waals surface area (Å²) in [6, 6.07) is -0.0562. The average Bonchev–Trinajstić information content (AvgIpc) is 1.82. The van der Waals surface area contributed by atoms with E-state index in [9.17, 15) is 4.79 Å². The van der Waals surface area contributed by atoms with Crippen LogP contribution in [0, 0.1) is 5.41 Å². The van der Waals surface area contributed by atoms with Gasteiger partial charge in [0.25, 0.3) is 0 Å². The van der Waals surface area contributed by atoms with Crippen molar-refractivity contribution in [3.63, 3.8) is 0 Å². The summed E-state index contributed by atoms with van der Waals surface area (Å²) >= 11 is 0. The zero-order valence-corrected chi connectivity index (χ0v) is 9.18. The molecule has 13 heavy (non-hydrogen) atoms. The van der Waals surface area contributed by atoms with Gasteiger partial charge in [-0.2, -0.15) is 0 Å². The molecule has 1 unspecified atom stereocenters. The average molecular weight is 183 g/mol. The van der Waals surface area contributed by atoms with Gasteiger partial charge in [0.1, 0.15) is 5.78 Å². The first-order valence-electron chi connectivity index (χ1n) is 4.65. The van der Waals surface area contributed by atoms with Crippen molar-refractivity contribution in [1.82, 2.24) is 0 Å². The van der Waals surface area contributed by atoms with Crippen LogP contribution in [-0.2, 0) is 4.79 Å². The smallest absolute Gasteiger partial charge is 0.138 e. The number of ketones is 1. The zero-order chi connectivity index (χ0) is 10.6. The Morgan fingerprint density at radius 2 is 1.92 bits per heavy atom. The van der Waals surface area contributed by atoms with Crippen LogP contribution in [0.5, 0.6) is 0 Å². The van der Waals surface area contributed by atoms with Crippen molar-refractivity contribution in [2.75, 3.05) is 0 Å². The number of carbonyl (C=O) groups is 1. The minimum Gasteiger partial charge on any atom is -0.327 e. The summed E-state index contributed by atoms with van der Waals surface area (Å²) in [5.74, 6) is 0.190. The molecule has 0 saturated carbocycles. The first-order valence-corrected chi connectivity index (χ1v) is 4.65. The van der Waals surface area contributed by atoms with Crippen LogP contribution in [0.2, 0.25) is 0 Å². The molecule has 0 aromatic rings. The maximum Gasteiger partial charge on any atom is 0.138 e. The Hall–Kier alpha value is -0.630. The highest BCUT2D eigenvalue weighted by molar-refractivity contribution is 5.81. The number of nitrogens with two attached hydrogens (primary N) is 1. The Morgan fingerprint density at radius 1 is 1.46 bits per heavy atom. The number of hydrogen-bond acceptors (Lipinski definition) is 2. The van der Waals surface area contributed by atoms with Crippen LogP contribution < -0.4 is 5.73 Å². The molecule has 2 nitrogen and oxygen atoms in total. The number of carbonyl (C=O) groups excluding carboxylic acids is 1. The Balaban J connectivity index is 4.00. The summed E-state index contributed by atoms with van der Waals surface area (Å²) in [5.41, 5.74) is 6.79. The van der Waals surface area contributed by atoms with Gasteiger partial charge < -0.3 is 5.73 Å². The lowest BCUT2D eigenvalue weighted by Gasteiger charge is -2.26. The minimum atomic E-state index is -0.0562. The highest BCUT2D eigenvalue weighted by Gasteiger charge is 2.22. The fraction of sp³-hybridized carbons (Fsp3) is 0.727. The lowest BCUT2D eigenvalue weighted by atomic mass is 9.84. The molecule has 0 spiro atoms. The first kappa shape index (κ1) is 12.4. The quantitative estimate of drug-likeness (QED) is 0.679. The van der Waals surface area contributed by atoms with Gasteiger partial charge in [-0.15, -0.1) is 0 Å². The second kappa shape index (κ2) is 4.56. The normalized spacial score (nSPS) is 13.9. The molecule has 2 heteroatoms. The van der Waals surface area contributed by atoms with Crippen LogP contribution in [0.1, 0.15) is 40.5 Å². The van der Waals surface area contributed by atoms with Crippen molar-refractivity contribution < 1.29 is 4.79 Å². The van der Waals surface area contributed by atoms with Crippen LogP contribution >= 0.6 is 0 Å². The molecule has 0 radical (unpaired) electrons. The van der Waals surface area contributed by atoms with E-state index in [1.54, 1.807) is 0 Å². The molecule has 0 aliphatic carbocycles. The van der Waals surface area contributed by atoms with Crippen LogP contribution in [0.4, 0.5) is 0 Å². The summed E-state index contributed by atoms with van der Waals surface area (Å²) in [6.45, 7) is 11.7. The summed E-state index contributed by atoms with van der Waals surface area (Å²) < 4.78 is 0. The topological polar surface area (TPSA) is 43.1 Å². The number of rotatable bonds is 4. The van der Waals surface area contributed by atoms with E-state index in [-0.39, 0.29) is 17.2 Å². The van der Waals surface area contributed by atoms with E-state index in [2.05, 4.69) is 6.58 Å². The van der Waals surface area contributed by atoms with Crippen LogP contribution in [0.15, 0.2) is 12.2 Å². The molecule has 0 aromatic heterocycles. The van der Waals surface area contributed by atoms with Gasteiger partial charge >= 0.3 is 0 Å². The monoisotopic (exact) mass is 183 g/mol. The van der Waals surface area contributed by atoms with Gasteiger partial charge in [0.15, 0.2) is 0 Å². The van der Waals surface area contributed by atoms with Crippen molar-refractivity contribution in [3.8, 4) is 0 Å². The molecule has 76 valence electrons. The fourth-order valence-electron chi connectivity index (χ4n) is 0.960. The Labute approximate surface area is 81.2 Å². The predicted molar refractivity (Wildman–Crippen MR) is 56.5 cm³/mol. The number of hydrogen-bond donors (Lipinski definition) is 1. The standard InChI is InChI=1S/C11H21NO/c1-8(2)6-9(13)7-10(12)11(3,4)5/h10H,1,6-7,12H2,2-5H3. The zero-order valence-electron chi connectivity index (χ0n) is 9.18. The Bertz CT molecular complexity index is 201. The second-order valence-electron chi connectivity index (χ2n) is 4.85. The van der Waals surface area contributed by atoms with E-state index in [0.29, 0.717) is 12.8 Å². The van der Waals surface area contributed by atoms with Gasteiger partial charge in [-0.3, -0.25) is 4.79 Å². The van der Waals surface area contributed by atoms with E-state index in [0.717, 1.165) is 5.57 Å². The molecule has 0 rings (SSSR count). The fourth-order valence-corrected chi connectivity index (χ4v) is 0.960. The lowest BCUT2D eigenvalue weighted by molar-refractivity contribution is -0.119. The van der Waals surface area contributed by atoms with Crippen molar-refractivity contribution in [2.45, 2.75) is 46.6 Å². The third-order valence-electron chi connectivity index (χ3n) is 2.06. The van der Waals surface area contributed by atoms with Crippen molar-refractivity contribution >= 4 is 5.78 Å². The van der Waals surface area contributed by atoms with E-state index >= 15 is 0 Å². The summed E-state index contributed by atoms with van der Waals surface area (Å²) in [6.07, 6.45) is 0.917. The molecule has 1 atom stereocenters. The maximum absolute atomic E-state index is 11.4. The molecule has 0 heterocycles. The van der Waals surface area contributed by atoms with Gasteiger partial charge in [-0.25, -0.2) is 0 Å². The molecule has 0 amide bonds. The van der Waals surface area contributed by atoms with Crippen molar-refractivity contribution in [2.24, 2.45) is 11.1 Å². The lowest BCUT2D eigenvalue weighted by Crippen LogP contribution is -2.36. The first-order chi connectivity index (χ1) is 5.73. The summed E-state index contributed by atoms with van der Waals surface area (Å²) in [7, 11) is 0. The van der Waals surface area contributed by atoms with E-state index in [1.807, 2.05) is 27.7 Å². The Kier molecular flexibility index (Phi) is 4.34. The molecule has 0 fully saturated rings. The largest absolute Gasteiger partial charge is 0.327 e. The molecular formula is C11H21NO. The maximum atomic E-state index is 11.4. The number of allylic oxidation sites excluding steroid dienone is 1. The molecule has 2 N–H and O–H groups in total. The highest BCUT2D eigenvalue weighted by atomic mass is 16.1. The second-order valence-corrected chi connectivity index (χ2v) is 4.85. The van der Waals surface area contributed by atoms with Crippen molar-refractivity contribution in [1.29, 1.82) is 0 Å². The molecule has 0 aliphatic rings. The molecule has 0 bridgehead atoms. The van der Waals surface area contributed by atoms with E-state index in [4.69, 9.17) is 5.73 Å². The van der Waals surface area contributed by atoms with Crippen molar-refractivity contribution in [3.05, 3.63) is 12.2 Å². The van der Waals surface area contributed by atoms with Crippen LogP contribution in [0.3, 0.4) is 0 Å². The third kappa shape index (κ3) is 5.58. The Morgan fingerprint density at radius 3 is 2.23 bits per heavy atom. The van der Waals surface area contributed by atoms with Gasteiger partial charge in [0.2, 0.25) is 0 Å². The summed E-state index contributed by atoms with van der Waals surface area (Å²) in [4.78, 5) is 11.4. The molecule has 0 aromatic carbocycles. The van der Waals surface area contributed by atoms with Crippen LogP contribution in [-0.4, -0.2) is 11.8 Å². The van der Waals surface area contributed by atoms with E-state index < -0.39 is 0 Å². The van der Waals surface area contributed by atoms with Crippen LogP contribution in [0.25, 0.3) is 0 Å². The minimum absolute atomic E-state index is 0.00470.